The number of thioether (sulfide) groups is 1. The maximum absolute atomic E-state index is 13.8. The Morgan fingerprint density at radius 3 is 2.79 bits per heavy atom. The summed E-state index contributed by atoms with van der Waals surface area (Å²) in [6, 6.07) is 11.2. The third-order valence-corrected chi connectivity index (χ3v) is 5.17. The van der Waals surface area contributed by atoms with Gasteiger partial charge in [0.1, 0.15) is 5.82 Å². The first-order valence-electron chi connectivity index (χ1n) is 7.24. The Labute approximate surface area is 153 Å². The molecule has 0 saturated carbocycles. The van der Waals surface area contributed by atoms with Gasteiger partial charge in [0.25, 0.3) is 5.91 Å². The van der Waals surface area contributed by atoms with Crippen molar-refractivity contribution < 1.29 is 9.18 Å². The van der Waals surface area contributed by atoms with Crippen LogP contribution in [0.1, 0.15) is 15.9 Å². The summed E-state index contributed by atoms with van der Waals surface area (Å²) < 4.78 is 13.8. The average molecular weight is 383 g/mol. The molecule has 0 spiro atoms. The quantitative estimate of drug-likeness (QED) is 0.757. The Kier molecular flexibility index (Phi) is 5.43. The SMILES string of the molecule is O=C(c1ccccc1F)N1CCN=C1SCc1ccc(Cl)cc1Cl. The molecule has 7 heteroatoms. The number of carbonyl (C=O) groups excluding carboxylic acids is 1. The first kappa shape index (κ1) is 17.3. The van der Waals surface area contributed by atoms with Crippen molar-refractivity contribution >= 4 is 46.0 Å². The summed E-state index contributed by atoms with van der Waals surface area (Å²) in [5.41, 5.74) is 0.955. The van der Waals surface area contributed by atoms with Gasteiger partial charge in [0, 0.05) is 22.3 Å². The van der Waals surface area contributed by atoms with Crippen molar-refractivity contribution in [2.24, 2.45) is 4.99 Å². The topological polar surface area (TPSA) is 32.7 Å². The van der Waals surface area contributed by atoms with Crippen LogP contribution < -0.4 is 0 Å². The Hall–Kier alpha value is -1.56. The van der Waals surface area contributed by atoms with Gasteiger partial charge in [-0.1, -0.05) is 53.2 Å². The molecular formula is C17H13Cl2FN2OS. The predicted octanol–water partition coefficient (Wildman–Crippen LogP) is 4.88. The van der Waals surface area contributed by atoms with Crippen LogP contribution in [0.15, 0.2) is 47.5 Å². The highest BCUT2D eigenvalue weighted by atomic mass is 35.5. The highest BCUT2D eigenvalue weighted by molar-refractivity contribution is 8.13. The number of amidine groups is 1. The van der Waals surface area contributed by atoms with Crippen molar-refractivity contribution in [3.63, 3.8) is 0 Å². The number of amides is 1. The van der Waals surface area contributed by atoms with E-state index >= 15 is 0 Å². The standard InChI is InChI=1S/C17H13Cl2FN2OS/c18-12-6-5-11(14(19)9-12)10-24-17-21-7-8-22(17)16(23)13-3-1-2-4-15(13)20/h1-6,9H,7-8,10H2. The van der Waals surface area contributed by atoms with E-state index in [1.54, 1.807) is 24.3 Å². The highest BCUT2D eigenvalue weighted by Crippen LogP contribution is 2.27. The molecule has 124 valence electrons. The molecule has 3 nitrogen and oxygen atoms in total. The number of carbonyl (C=O) groups is 1. The molecule has 1 aliphatic heterocycles. The van der Waals surface area contributed by atoms with Gasteiger partial charge in [0.15, 0.2) is 5.17 Å². The summed E-state index contributed by atoms with van der Waals surface area (Å²) in [5.74, 6) is -0.353. The van der Waals surface area contributed by atoms with E-state index in [9.17, 15) is 9.18 Å². The first-order valence-corrected chi connectivity index (χ1v) is 8.98. The fourth-order valence-electron chi connectivity index (χ4n) is 2.30. The van der Waals surface area contributed by atoms with E-state index in [-0.39, 0.29) is 11.5 Å². The van der Waals surface area contributed by atoms with E-state index in [4.69, 9.17) is 23.2 Å². The van der Waals surface area contributed by atoms with Crippen molar-refractivity contribution in [1.82, 2.24) is 4.90 Å². The molecule has 1 heterocycles. The molecule has 0 aromatic heterocycles. The van der Waals surface area contributed by atoms with Crippen LogP contribution in [0.3, 0.4) is 0 Å². The number of halogens is 3. The normalized spacial score (nSPS) is 14.0. The van der Waals surface area contributed by atoms with Crippen molar-refractivity contribution in [3.05, 3.63) is 69.5 Å². The first-order chi connectivity index (χ1) is 11.6. The molecule has 1 amide bonds. The van der Waals surface area contributed by atoms with E-state index in [0.29, 0.717) is 34.1 Å². The van der Waals surface area contributed by atoms with E-state index in [2.05, 4.69) is 4.99 Å². The van der Waals surface area contributed by atoms with Gasteiger partial charge in [-0.05, 0) is 29.8 Å². The highest BCUT2D eigenvalue weighted by Gasteiger charge is 2.26. The molecule has 0 fully saturated rings. The van der Waals surface area contributed by atoms with Crippen LogP contribution in [0.2, 0.25) is 10.0 Å². The van der Waals surface area contributed by atoms with Gasteiger partial charge in [-0.2, -0.15) is 0 Å². The van der Waals surface area contributed by atoms with Gasteiger partial charge in [-0.25, -0.2) is 4.39 Å². The summed E-state index contributed by atoms with van der Waals surface area (Å²) in [7, 11) is 0. The average Bonchev–Trinajstić information content (AvgIpc) is 3.02. The fourth-order valence-corrected chi connectivity index (χ4v) is 3.90. The monoisotopic (exact) mass is 382 g/mol. The van der Waals surface area contributed by atoms with Crippen LogP contribution in [0.25, 0.3) is 0 Å². The number of hydrogen-bond acceptors (Lipinski definition) is 3. The van der Waals surface area contributed by atoms with Gasteiger partial charge in [0.2, 0.25) is 0 Å². The number of rotatable bonds is 3. The molecular weight excluding hydrogens is 370 g/mol. The molecule has 0 unspecified atom stereocenters. The minimum Gasteiger partial charge on any atom is -0.285 e. The fraction of sp³-hybridized carbons (Fsp3) is 0.176. The molecule has 2 aromatic carbocycles. The summed E-state index contributed by atoms with van der Waals surface area (Å²) in [6.45, 7) is 0.959. The minimum absolute atomic E-state index is 0.0530. The maximum Gasteiger partial charge on any atom is 0.262 e. The second-order valence-electron chi connectivity index (χ2n) is 5.13. The molecule has 0 atom stereocenters. The smallest absolute Gasteiger partial charge is 0.262 e. The zero-order valence-corrected chi connectivity index (χ0v) is 14.8. The molecule has 2 aromatic rings. The molecule has 0 radical (unpaired) electrons. The molecule has 1 aliphatic rings. The summed E-state index contributed by atoms with van der Waals surface area (Å²) >= 11 is 13.5. The van der Waals surface area contributed by atoms with Gasteiger partial charge in [0.05, 0.1) is 12.1 Å². The predicted molar refractivity (Wildman–Crippen MR) is 97.5 cm³/mol. The van der Waals surface area contributed by atoms with Crippen LogP contribution in [0.4, 0.5) is 4.39 Å². The largest absolute Gasteiger partial charge is 0.285 e. The lowest BCUT2D eigenvalue weighted by molar-refractivity contribution is 0.0856. The molecule has 3 rings (SSSR count). The van der Waals surface area contributed by atoms with Crippen molar-refractivity contribution in [2.45, 2.75) is 5.75 Å². The van der Waals surface area contributed by atoms with Crippen molar-refractivity contribution in [2.75, 3.05) is 13.1 Å². The lowest BCUT2D eigenvalue weighted by Crippen LogP contribution is -2.33. The summed E-state index contributed by atoms with van der Waals surface area (Å²) in [6.07, 6.45) is 0. The second kappa shape index (κ2) is 7.55. The number of aliphatic imine (C=N–C) groups is 1. The van der Waals surface area contributed by atoms with Crippen LogP contribution in [-0.4, -0.2) is 29.1 Å². The van der Waals surface area contributed by atoms with E-state index in [1.165, 1.54) is 28.8 Å². The number of nitrogens with zero attached hydrogens (tertiary/aromatic N) is 2. The molecule has 0 aliphatic carbocycles. The lowest BCUT2D eigenvalue weighted by Gasteiger charge is -2.18. The Bertz CT molecular complexity index is 813. The molecule has 0 saturated heterocycles. The Balaban J connectivity index is 1.72. The van der Waals surface area contributed by atoms with Gasteiger partial charge in [-0.3, -0.25) is 14.7 Å². The van der Waals surface area contributed by atoms with E-state index < -0.39 is 5.82 Å². The van der Waals surface area contributed by atoms with Gasteiger partial charge < -0.3 is 0 Å². The summed E-state index contributed by atoms with van der Waals surface area (Å²) in [5, 5.41) is 1.72. The minimum atomic E-state index is -0.528. The van der Waals surface area contributed by atoms with Crippen LogP contribution in [0, 0.1) is 5.82 Å². The molecule has 0 N–H and O–H groups in total. The van der Waals surface area contributed by atoms with Crippen molar-refractivity contribution in [1.29, 1.82) is 0 Å². The molecule has 0 bridgehead atoms. The number of benzene rings is 2. The van der Waals surface area contributed by atoms with Crippen LogP contribution >= 0.6 is 35.0 Å². The van der Waals surface area contributed by atoms with Crippen molar-refractivity contribution in [3.8, 4) is 0 Å². The lowest BCUT2D eigenvalue weighted by atomic mass is 10.2. The van der Waals surface area contributed by atoms with E-state index in [0.717, 1.165) is 5.56 Å². The Morgan fingerprint density at radius 1 is 1.25 bits per heavy atom. The molecule has 24 heavy (non-hydrogen) atoms. The third-order valence-electron chi connectivity index (χ3n) is 3.52. The van der Waals surface area contributed by atoms with Crippen LogP contribution in [0.5, 0.6) is 0 Å². The maximum atomic E-state index is 13.8. The number of hydrogen-bond donors (Lipinski definition) is 0. The zero-order chi connectivity index (χ0) is 17.1. The van der Waals surface area contributed by atoms with Gasteiger partial charge in [-0.15, -0.1) is 0 Å². The summed E-state index contributed by atoms with van der Waals surface area (Å²) in [4.78, 5) is 18.4. The zero-order valence-electron chi connectivity index (χ0n) is 12.5. The Morgan fingerprint density at radius 2 is 2.04 bits per heavy atom. The third kappa shape index (κ3) is 3.74. The van der Waals surface area contributed by atoms with E-state index in [1.807, 2.05) is 6.07 Å². The second-order valence-corrected chi connectivity index (χ2v) is 6.91. The van der Waals surface area contributed by atoms with Gasteiger partial charge >= 0.3 is 0 Å². The van der Waals surface area contributed by atoms with Crippen LogP contribution in [-0.2, 0) is 5.75 Å².